The summed E-state index contributed by atoms with van der Waals surface area (Å²) in [5.41, 5.74) is 0. The first-order chi connectivity index (χ1) is 2.64. The molecular weight excluding hydrogens is 104 g/mol. The van der Waals surface area contributed by atoms with Crippen molar-refractivity contribution in [3.05, 3.63) is 5.92 Å². The van der Waals surface area contributed by atoms with Gasteiger partial charge in [-0.25, -0.2) is 0 Å². The molecule has 37 valence electrons. The quantitative estimate of drug-likeness (QED) is 0.390. The topological polar surface area (TPSA) is 0 Å². The van der Waals surface area contributed by atoms with Crippen molar-refractivity contribution in [2.45, 2.75) is 19.0 Å². The molecule has 6 heavy (non-hydrogen) atoms. The van der Waals surface area contributed by atoms with Gasteiger partial charge in [-0.2, -0.15) is 0 Å². The summed E-state index contributed by atoms with van der Waals surface area (Å²) in [6, 6.07) is 0. The van der Waals surface area contributed by atoms with Gasteiger partial charge in [-0.15, -0.1) is 0 Å². The van der Waals surface area contributed by atoms with E-state index < -0.39 is 0 Å². The molecule has 0 aliphatic heterocycles. The maximum absolute atomic E-state index is 2.23. The van der Waals surface area contributed by atoms with Gasteiger partial charge in [0.05, 0.1) is 0 Å². The van der Waals surface area contributed by atoms with E-state index in [1.807, 2.05) is 0 Å². The van der Waals surface area contributed by atoms with Crippen LogP contribution in [0.3, 0.4) is 0 Å². The molecule has 0 N–H and O–H groups in total. The molecular formula is C4H13Si2. The third-order valence-corrected chi connectivity index (χ3v) is 3.46. The molecule has 0 heterocycles. The van der Waals surface area contributed by atoms with Crippen molar-refractivity contribution >= 4 is 20.5 Å². The van der Waals surface area contributed by atoms with Gasteiger partial charge in [-0.3, -0.25) is 0 Å². The molecule has 0 aliphatic carbocycles. The largest absolute Gasteiger partial charge is 0.0609 e. The lowest BCUT2D eigenvalue weighted by Gasteiger charge is -2.04. The van der Waals surface area contributed by atoms with Crippen LogP contribution in [-0.4, -0.2) is 20.5 Å². The first kappa shape index (κ1) is 6.43. The van der Waals surface area contributed by atoms with Crippen LogP contribution in [0.1, 0.15) is 13.8 Å². The fourth-order valence-corrected chi connectivity index (χ4v) is 0. The highest BCUT2D eigenvalue weighted by Gasteiger charge is 1.96. The lowest BCUT2D eigenvalue weighted by atomic mass is 10.3. The van der Waals surface area contributed by atoms with Crippen LogP contribution < -0.4 is 0 Å². The second kappa shape index (κ2) is 2.58. The molecule has 0 saturated carbocycles. The maximum atomic E-state index is 2.23. The zero-order valence-electron chi connectivity index (χ0n) is 5.08. The van der Waals surface area contributed by atoms with E-state index in [1.165, 1.54) is 20.5 Å². The lowest BCUT2D eigenvalue weighted by Crippen LogP contribution is -1.96. The van der Waals surface area contributed by atoms with E-state index in [4.69, 9.17) is 0 Å². The Hall–Kier alpha value is 0.434. The van der Waals surface area contributed by atoms with Crippen LogP contribution >= 0.6 is 0 Å². The van der Waals surface area contributed by atoms with Crippen molar-refractivity contribution in [3.63, 3.8) is 0 Å². The van der Waals surface area contributed by atoms with Crippen LogP contribution in [0, 0.1) is 5.92 Å². The van der Waals surface area contributed by atoms with E-state index >= 15 is 0 Å². The monoisotopic (exact) mass is 117 g/mol. The highest BCUT2D eigenvalue weighted by Crippen LogP contribution is 2.08. The fourth-order valence-electron chi connectivity index (χ4n) is 0. The van der Waals surface area contributed by atoms with Crippen molar-refractivity contribution in [1.82, 2.24) is 0 Å². The fraction of sp³-hybridized carbons (Fsp3) is 0.750. The van der Waals surface area contributed by atoms with Crippen LogP contribution in [0.25, 0.3) is 0 Å². The summed E-state index contributed by atoms with van der Waals surface area (Å²) in [6.07, 6.45) is 0. The molecule has 0 aliphatic rings. The van der Waals surface area contributed by atoms with Gasteiger partial charge in [0.2, 0.25) is 0 Å². The van der Waals surface area contributed by atoms with Crippen molar-refractivity contribution in [2.24, 2.45) is 0 Å². The van der Waals surface area contributed by atoms with E-state index in [0.29, 0.717) is 0 Å². The molecule has 0 rings (SSSR count). The second-order valence-electron chi connectivity index (χ2n) is 2.23. The zero-order chi connectivity index (χ0) is 5.15. The first-order valence-corrected chi connectivity index (χ1v) is 4.75. The summed E-state index contributed by atoms with van der Waals surface area (Å²) < 4.78 is 0. The summed E-state index contributed by atoms with van der Waals surface area (Å²) >= 11 is 0. The van der Waals surface area contributed by atoms with E-state index in [0.717, 1.165) is 5.16 Å². The molecule has 0 bridgehead atoms. The summed E-state index contributed by atoms with van der Waals surface area (Å²) in [6.45, 7) is 4.45. The Morgan fingerprint density at radius 1 is 1.33 bits per heavy atom. The molecule has 0 amide bonds. The summed E-state index contributed by atoms with van der Waals surface area (Å²) in [5, 5.41) is 1.05. The van der Waals surface area contributed by atoms with E-state index in [-0.39, 0.29) is 0 Å². The van der Waals surface area contributed by atoms with Gasteiger partial charge in [0, 0.05) is 20.5 Å². The highest BCUT2D eigenvalue weighted by atomic mass is 28.2. The zero-order valence-corrected chi connectivity index (χ0v) is 9.08. The van der Waals surface area contributed by atoms with Crippen LogP contribution in [0.4, 0.5) is 0 Å². The third-order valence-electron chi connectivity index (χ3n) is 1.15. The predicted molar refractivity (Wildman–Crippen MR) is 38.2 cm³/mol. The summed E-state index contributed by atoms with van der Waals surface area (Å²) in [4.78, 5) is 0. The van der Waals surface area contributed by atoms with Gasteiger partial charge >= 0.3 is 0 Å². The maximum Gasteiger partial charge on any atom is 0.00314 e. The molecule has 0 aromatic rings. The minimum absolute atomic E-state index is 1.05. The predicted octanol–water partition coefficient (Wildman–Crippen LogP) is -0.923. The van der Waals surface area contributed by atoms with Gasteiger partial charge in [0.25, 0.3) is 0 Å². The number of hydrogen-bond donors (Lipinski definition) is 0. The smallest absolute Gasteiger partial charge is 0.00314 e. The Bertz CT molecular complexity index is 26.5. The minimum Gasteiger partial charge on any atom is -0.0609 e. The second-order valence-corrected chi connectivity index (χ2v) is 8.01. The van der Waals surface area contributed by atoms with Gasteiger partial charge in [0.15, 0.2) is 0 Å². The standard InChI is InChI=1S/C4H13Si2/c1-3(2)4(5)6/h4H,1-2,5-6H3. The molecule has 0 aromatic heterocycles. The Balaban J connectivity index is 2.99. The third kappa shape index (κ3) is 2.66. The van der Waals surface area contributed by atoms with Crippen LogP contribution in [-0.2, 0) is 0 Å². The van der Waals surface area contributed by atoms with Gasteiger partial charge in [0.1, 0.15) is 0 Å². The molecule has 0 unspecified atom stereocenters. The number of hydrogen-bond acceptors (Lipinski definition) is 0. The van der Waals surface area contributed by atoms with Gasteiger partial charge in [-0.1, -0.05) is 19.0 Å². The molecule has 0 saturated heterocycles. The molecule has 0 aromatic carbocycles. The molecule has 2 heteroatoms. The Labute approximate surface area is 46.2 Å². The average molecular weight is 117 g/mol. The van der Waals surface area contributed by atoms with Crippen molar-refractivity contribution in [2.75, 3.05) is 0 Å². The number of rotatable bonds is 1. The summed E-state index contributed by atoms with van der Waals surface area (Å²) in [7, 11) is 2.76. The van der Waals surface area contributed by atoms with E-state index in [9.17, 15) is 0 Å². The molecule has 0 spiro atoms. The SMILES string of the molecule is C[C](C)C([SiH3])[SiH3]. The summed E-state index contributed by atoms with van der Waals surface area (Å²) in [5.74, 6) is 1.63. The Kier molecular flexibility index (Phi) is 2.77. The van der Waals surface area contributed by atoms with E-state index in [2.05, 4.69) is 13.8 Å². The normalized spacial score (nSPS) is 16.5. The molecule has 0 fully saturated rings. The van der Waals surface area contributed by atoms with Crippen molar-refractivity contribution < 1.29 is 0 Å². The van der Waals surface area contributed by atoms with E-state index in [1.54, 1.807) is 5.92 Å². The molecule has 1 radical (unpaired) electrons. The molecule has 0 atom stereocenters. The van der Waals surface area contributed by atoms with Crippen molar-refractivity contribution in [1.29, 1.82) is 0 Å². The van der Waals surface area contributed by atoms with Gasteiger partial charge in [-0.05, 0) is 5.92 Å². The van der Waals surface area contributed by atoms with Crippen LogP contribution in [0.15, 0.2) is 0 Å². The Morgan fingerprint density at radius 3 is 1.50 bits per heavy atom. The van der Waals surface area contributed by atoms with Gasteiger partial charge < -0.3 is 0 Å². The van der Waals surface area contributed by atoms with Crippen LogP contribution in [0.5, 0.6) is 0 Å². The first-order valence-electron chi connectivity index (χ1n) is 2.44. The average Bonchev–Trinajstić information content (AvgIpc) is 1.36. The highest BCUT2D eigenvalue weighted by molar-refractivity contribution is 6.36. The van der Waals surface area contributed by atoms with Crippen LogP contribution in [0.2, 0.25) is 5.16 Å². The van der Waals surface area contributed by atoms with Crippen molar-refractivity contribution in [3.8, 4) is 0 Å². The molecule has 0 nitrogen and oxygen atoms in total. The minimum atomic E-state index is 1.05. The lowest BCUT2D eigenvalue weighted by molar-refractivity contribution is 1.05. The Morgan fingerprint density at radius 2 is 1.50 bits per heavy atom.